The van der Waals surface area contributed by atoms with Gasteiger partial charge in [0, 0.05) is 19.3 Å². The van der Waals surface area contributed by atoms with E-state index >= 15 is 0 Å². The molecule has 71 heavy (non-hydrogen) atoms. The molecule has 0 aliphatic carbocycles. The predicted molar refractivity (Wildman–Crippen MR) is 307 cm³/mol. The van der Waals surface area contributed by atoms with Crippen molar-refractivity contribution in [3.05, 3.63) is 72.9 Å². The summed E-state index contributed by atoms with van der Waals surface area (Å²) in [7, 11) is 0. The average Bonchev–Trinajstić information content (AvgIpc) is 3.37. The van der Waals surface area contributed by atoms with E-state index in [2.05, 4.69) is 93.7 Å². The summed E-state index contributed by atoms with van der Waals surface area (Å²) < 4.78 is 16.8. The SMILES string of the molecule is CC/C=C\C/C=C\C/C=C\CCCCCCCC(=O)OC[C@H](COC(=O)CCC/C=C\C/C=C\C/C=C\CCCCCCCC)OC(=O)CCCCCCCCCCCCCCCCCCCCCCC. The molecule has 0 radical (unpaired) electrons. The standard InChI is InChI=1S/C65H114O6/c1-4-7-10-13-16-19-22-25-28-30-31-32-33-35-38-41-44-47-50-53-56-59-65(68)71-62(60-69-63(66)57-54-51-48-45-42-39-36-27-24-21-18-15-12-9-6-3)61-70-64(67)58-55-52-49-46-43-40-37-34-29-26-23-20-17-14-11-8-5-2/h9,12,18,21,26-27,29,36-37,40,46,49,62H,4-8,10-11,13-17,19-20,22-25,28,30-35,38-39,41-45,47-48,50-61H2,1-3H3/b12-9-,21-18-,29-26-,36-27-,40-37-,49-46-/t62-/m1/s1. The number of ether oxygens (including phenoxy) is 3. The highest BCUT2D eigenvalue weighted by Gasteiger charge is 2.19. The van der Waals surface area contributed by atoms with Crippen molar-refractivity contribution in [1.82, 2.24) is 0 Å². The second-order valence-electron chi connectivity index (χ2n) is 20.2. The molecule has 0 aromatic carbocycles. The fraction of sp³-hybridized carbons (Fsp3) is 0.769. The van der Waals surface area contributed by atoms with Crippen molar-refractivity contribution in [1.29, 1.82) is 0 Å². The molecule has 0 saturated carbocycles. The van der Waals surface area contributed by atoms with Crippen LogP contribution in [0.1, 0.15) is 303 Å². The highest BCUT2D eigenvalue weighted by atomic mass is 16.6. The Morgan fingerprint density at radius 1 is 0.296 bits per heavy atom. The lowest BCUT2D eigenvalue weighted by molar-refractivity contribution is -0.167. The van der Waals surface area contributed by atoms with Gasteiger partial charge in [0.1, 0.15) is 13.2 Å². The molecule has 0 bridgehead atoms. The lowest BCUT2D eigenvalue weighted by Gasteiger charge is -2.18. The fourth-order valence-electron chi connectivity index (χ4n) is 8.65. The van der Waals surface area contributed by atoms with Crippen LogP contribution in [-0.2, 0) is 28.6 Å². The summed E-state index contributed by atoms with van der Waals surface area (Å²) in [6.07, 6.45) is 76.2. The number of rotatable bonds is 55. The Bertz CT molecular complexity index is 1320. The third-order valence-electron chi connectivity index (χ3n) is 13.2. The van der Waals surface area contributed by atoms with Crippen LogP contribution in [0.5, 0.6) is 0 Å². The second kappa shape index (κ2) is 59.4. The molecule has 0 rings (SSSR count). The Hall–Kier alpha value is -3.15. The molecule has 0 unspecified atom stereocenters. The predicted octanol–water partition coefficient (Wildman–Crippen LogP) is 20.5. The summed E-state index contributed by atoms with van der Waals surface area (Å²) >= 11 is 0. The smallest absolute Gasteiger partial charge is 0.306 e. The zero-order valence-electron chi connectivity index (χ0n) is 47.0. The first-order valence-electron chi connectivity index (χ1n) is 30.4. The van der Waals surface area contributed by atoms with Crippen molar-refractivity contribution >= 4 is 17.9 Å². The van der Waals surface area contributed by atoms with Gasteiger partial charge in [-0.3, -0.25) is 14.4 Å². The summed E-state index contributed by atoms with van der Waals surface area (Å²) in [4.78, 5) is 38.2. The molecule has 6 nitrogen and oxygen atoms in total. The van der Waals surface area contributed by atoms with Crippen molar-refractivity contribution in [3.63, 3.8) is 0 Å². The quantitative estimate of drug-likeness (QED) is 0.0261. The molecule has 0 aromatic heterocycles. The van der Waals surface area contributed by atoms with Gasteiger partial charge in [-0.2, -0.15) is 0 Å². The van der Waals surface area contributed by atoms with Crippen LogP contribution in [0, 0.1) is 0 Å². The van der Waals surface area contributed by atoms with Crippen LogP contribution in [0.4, 0.5) is 0 Å². The molecular formula is C65H114O6. The summed E-state index contributed by atoms with van der Waals surface area (Å²) in [5.74, 6) is -0.954. The lowest BCUT2D eigenvalue weighted by atomic mass is 10.0. The lowest BCUT2D eigenvalue weighted by Crippen LogP contribution is -2.30. The van der Waals surface area contributed by atoms with Crippen molar-refractivity contribution in [3.8, 4) is 0 Å². The van der Waals surface area contributed by atoms with Crippen molar-refractivity contribution in [2.75, 3.05) is 13.2 Å². The Labute approximate surface area is 440 Å². The van der Waals surface area contributed by atoms with E-state index < -0.39 is 6.10 Å². The van der Waals surface area contributed by atoms with Crippen LogP contribution in [0.15, 0.2) is 72.9 Å². The van der Waals surface area contributed by atoms with Gasteiger partial charge >= 0.3 is 17.9 Å². The molecule has 1 atom stereocenters. The number of carbonyl (C=O) groups is 3. The molecule has 0 aromatic rings. The van der Waals surface area contributed by atoms with Crippen molar-refractivity contribution in [2.24, 2.45) is 0 Å². The van der Waals surface area contributed by atoms with E-state index in [-0.39, 0.29) is 37.5 Å². The molecule has 0 fully saturated rings. The molecule has 6 heteroatoms. The molecule has 0 amide bonds. The van der Waals surface area contributed by atoms with E-state index in [0.29, 0.717) is 19.3 Å². The molecule has 0 N–H and O–H groups in total. The Balaban J connectivity index is 4.41. The van der Waals surface area contributed by atoms with E-state index in [9.17, 15) is 14.4 Å². The van der Waals surface area contributed by atoms with E-state index in [0.717, 1.165) is 96.3 Å². The molecular weight excluding hydrogens is 877 g/mol. The van der Waals surface area contributed by atoms with Gasteiger partial charge < -0.3 is 14.2 Å². The second-order valence-corrected chi connectivity index (χ2v) is 20.2. The molecule has 410 valence electrons. The maximum absolute atomic E-state index is 12.9. The zero-order chi connectivity index (χ0) is 51.4. The molecule has 0 aliphatic heterocycles. The van der Waals surface area contributed by atoms with Gasteiger partial charge in [-0.15, -0.1) is 0 Å². The molecule has 0 saturated heterocycles. The minimum absolute atomic E-state index is 0.0979. The number of hydrogen-bond donors (Lipinski definition) is 0. The summed E-state index contributed by atoms with van der Waals surface area (Å²) in [6.45, 7) is 6.50. The zero-order valence-corrected chi connectivity index (χ0v) is 47.0. The minimum Gasteiger partial charge on any atom is -0.462 e. The largest absolute Gasteiger partial charge is 0.462 e. The summed E-state index contributed by atoms with van der Waals surface area (Å²) in [5, 5.41) is 0. The van der Waals surface area contributed by atoms with Crippen LogP contribution >= 0.6 is 0 Å². The Kier molecular flexibility index (Phi) is 56.8. The van der Waals surface area contributed by atoms with Crippen LogP contribution in [-0.4, -0.2) is 37.2 Å². The average molecular weight is 992 g/mol. The van der Waals surface area contributed by atoms with Crippen LogP contribution in [0.25, 0.3) is 0 Å². The molecule has 0 heterocycles. The summed E-state index contributed by atoms with van der Waals surface area (Å²) in [6, 6.07) is 0. The van der Waals surface area contributed by atoms with Gasteiger partial charge in [0.15, 0.2) is 6.10 Å². The highest BCUT2D eigenvalue weighted by molar-refractivity contribution is 5.71. The number of unbranched alkanes of at least 4 members (excludes halogenated alkanes) is 32. The molecule has 0 aliphatic rings. The number of hydrogen-bond acceptors (Lipinski definition) is 6. The van der Waals surface area contributed by atoms with Gasteiger partial charge in [0.25, 0.3) is 0 Å². The topological polar surface area (TPSA) is 78.9 Å². The maximum atomic E-state index is 12.9. The van der Waals surface area contributed by atoms with Gasteiger partial charge in [0.05, 0.1) is 0 Å². The highest BCUT2D eigenvalue weighted by Crippen LogP contribution is 2.17. The fourth-order valence-corrected chi connectivity index (χ4v) is 8.65. The minimum atomic E-state index is -0.802. The van der Waals surface area contributed by atoms with E-state index in [1.807, 2.05) is 0 Å². The first-order valence-corrected chi connectivity index (χ1v) is 30.4. The number of allylic oxidation sites excluding steroid dienone is 12. The van der Waals surface area contributed by atoms with Crippen LogP contribution < -0.4 is 0 Å². The van der Waals surface area contributed by atoms with E-state index in [1.54, 1.807) is 0 Å². The van der Waals surface area contributed by atoms with Gasteiger partial charge in [-0.1, -0.05) is 273 Å². The monoisotopic (exact) mass is 991 g/mol. The maximum Gasteiger partial charge on any atom is 0.306 e. The number of esters is 3. The summed E-state index contributed by atoms with van der Waals surface area (Å²) in [5.41, 5.74) is 0. The number of carbonyl (C=O) groups excluding carboxylic acids is 3. The molecule has 0 spiro atoms. The Morgan fingerprint density at radius 3 is 0.915 bits per heavy atom. The van der Waals surface area contributed by atoms with Crippen molar-refractivity contribution in [2.45, 2.75) is 309 Å². The first-order chi connectivity index (χ1) is 35.0. The third-order valence-corrected chi connectivity index (χ3v) is 13.2. The normalized spacial score (nSPS) is 12.5. The van der Waals surface area contributed by atoms with Crippen molar-refractivity contribution < 1.29 is 28.6 Å². The van der Waals surface area contributed by atoms with Gasteiger partial charge in [-0.05, 0) is 83.5 Å². The van der Waals surface area contributed by atoms with E-state index in [4.69, 9.17) is 14.2 Å². The van der Waals surface area contributed by atoms with E-state index in [1.165, 1.54) is 161 Å². The third kappa shape index (κ3) is 57.6. The Morgan fingerprint density at radius 2 is 0.563 bits per heavy atom. The van der Waals surface area contributed by atoms with Crippen LogP contribution in [0.3, 0.4) is 0 Å². The van der Waals surface area contributed by atoms with Gasteiger partial charge in [-0.25, -0.2) is 0 Å². The van der Waals surface area contributed by atoms with Gasteiger partial charge in [0.2, 0.25) is 0 Å². The first kappa shape index (κ1) is 67.8. The van der Waals surface area contributed by atoms with Crippen LogP contribution in [0.2, 0.25) is 0 Å².